The van der Waals surface area contributed by atoms with E-state index in [-0.39, 0.29) is 12.1 Å². The Bertz CT molecular complexity index is 780. The monoisotopic (exact) mass is 368 g/mol. The molecule has 0 spiro atoms. The van der Waals surface area contributed by atoms with Crippen LogP contribution in [-0.4, -0.2) is 57.7 Å². The van der Waals surface area contributed by atoms with Crippen molar-refractivity contribution in [1.29, 1.82) is 0 Å². The summed E-state index contributed by atoms with van der Waals surface area (Å²) < 4.78 is 0. The molecule has 0 radical (unpaired) electrons. The third-order valence-electron chi connectivity index (χ3n) is 4.81. The summed E-state index contributed by atoms with van der Waals surface area (Å²) in [5.41, 5.74) is 2.93. The highest BCUT2D eigenvalue weighted by atomic mass is 16.4. The van der Waals surface area contributed by atoms with E-state index in [1.165, 1.54) is 4.90 Å². The first kappa shape index (κ1) is 18.7. The standard InChI is InChI=1S/C20H24N4O3/c1-15-4-7-17(8-5-15)22-19(25)24-12-11-23(20(26)27)14-18(24)9-6-16-3-2-10-21-13-16/h2-5,7-8,10,13,18H,6,9,11-12,14H2,1H3,(H,22,25)(H,26,27). The minimum Gasteiger partial charge on any atom is -0.465 e. The zero-order valence-electron chi connectivity index (χ0n) is 15.3. The van der Waals surface area contributed by atoms with E-state index in [1.54, 1.807) is 17.3 Å². The predicted molar refractivity (Wildman–Crippen MR) is 103 cm³/mol. The molecule has 2 aromatic rings. The molecule has 142 valence electrons. The van der Waals surface area contributed by atoms with Gasteiger partial charge in [-0.2, -0.15) is 0 Å². The molecule has 2 heterocycles. The van der Waals surface area contributed by atoms with Gasteiger partial charge in [0.15, 0.2) is 0 Å². The number of carboxylic acid groups (broad SMARTS) is 1. The smallest absolute Gasteiger partial charge is 0.407 e. The maximum atomic E-state index is 12.8. The van der Waals surface area contributed by atoms with Gasteiger partial charge in [0.2, 0.25) is 0 Å². The fraction of sp³-hybridized carbons (Fsp3) is 0.350. The number of urea groups is 1. The second kappa shape index (κ2) is 8.53. The molecule has 27 heavy (non-hydrogen) atoms. The first-order valence-corrected chi connectivity index (χ1v) is 9.04. The van der Waals surface area contributed by atoms with Crippen molar-refractivity contribution in [2.45, 2.75) is 25.8 Å². The zero-order valence-corrected chi connectivity index (χ0v) is 15.3. The van der Waals surface area contributed by atoms with Crippen LogP contribution in [0.3, 0.4) is 0 Å². The molecular weight excluding hydrogens is 344 g/mol. The molecule has 1 unspecified atom stereocenters. The van der Waals surface area contributed by atoms with Crippen LogP contribution < -0.4 is 5.32 Å². The van der Waals surface area contributed by atoms with Crippen molar-refractivity contribution in [3.05, 3.63) is 59.9 Å². The van der Waals surface area contributed by atoms with Crippen molar-refractivity contribution < 1.29 is 14.7 Å². The van der Waals surface area contributed by atoms with Crippen molar-refractivity contribution >= 4 is 17.8 Å². The van der Waals surface area contributed by atoms with Crippen LogP contribution in [0.25, 0.3) is 0 Å². The van der Waals surface area contributed by atoms with Gasteiger partial charge in [-0.15, -0.1) is 0 Å². The van der Waals surface area contributed by atoms with Gasteiger partial charge in [0.1, 0.15) is 0 Å². The number of aryl methyl sites for hydroxylation is 2. The molecule has 0 aliphatic carbocycles. The van der Waals surface area contributed by atoms with Gasteiger partial charge in [-0.25, -0.2) is 9.59 Å². The van der Waals surface area contributed by atoms with Crippen LogP contribution >= 0.6 is 0 Å². The van der Waals surface area contributed by atoms with Gasteiger partial charge in [0.05, 0.1) is 6.04 Å². The number of carbonyl (C=O) groups excluding carboxylic acids is 1. The van der Waals surface area contributed by atoms with E-state index >= 15 is 0 Å². The van der Waals surface area contributed by atoms with Crippen LogP contribution in [0.15, 0.2) is 48.8 Å². The Morgan fingerprint density at radius 1 is 1.22 bits per heavy atom. The number of carbonyl (C=O) groups is 2. The van der Waals surface area contributed by atoms with E-state index in [0.717, 1.165) is 23.2 Å². The molecule has 1 aromatic carbocycles. The largest absolute Gasteiger partial charge is 0.465 e. The number of hydrogen-bond donors (Lipinski definition) is 2. The average molecular weight is 368 g/mol. The molecule has 0 saturated carbocycles. The molecule has 3 rings (SSSR count). The van der Waals surface area contributed by atoms with Crippen molar-refractivity contribution in [2.75, 3.05) is 25.0 Å². The lowest BCUT2D eigenvalue weighted by Gasteiger charge is -2.40. The quantitative estimate of drug-likeness (QED) is 0.868. The average Bonchev–Trinajstić information content (AvgIpc) is 2.68. The van der Waals surface area contributed by atoms with Gasteiger partial charge >= 0.3 is 12.1 Å². The SMILES string of the molecule is Cc1ccc(NC(=O)N2CCN(C(=O)O)CC2CCc2cccnc2)cc1. The zero-order chi connectivity index (χ0) is 19.2. The van der Waals surface area contributed by atoms with Crippen LogP contribution in [-0.2, 0) is 6.42 Å². The van der Waals surface area contributed by atoms with Crippen LogP contribution in [0.1, 0.15) is 17.5 Å². The summed E-state index contributed by atoms with van der Waals surface area (Å²) >= 11 is 0. The minimum absolute atomic E-state index is 0.180. The van der Waals surface area contributed by atoms with Crippen LogP contribution in [0.4, 0.5) is 15.3 Å². The van der Waals surface area contributed by atoms with Crippen molar-refractivity contribution in [1.82, 2.24) is 14.8 Å². The molecule has 0 bridgehead atoms. The Hall–Kier alpha value is -3.09. The highest BCUT2D eigenvalue weighted by Gasteiger charge is 2.32. The third kappa shape index (κ3) is 4.97. The molecule has 1 saturated heterocycles. The summed E-state index contributed by atoms with van der Waals surface area (Å²) in [5, 5.41) is 12.2. The second-order valence-electron chi connectivity index (χ2n) is 6.77. The predicted octanol–water partition coefficient (Wildman–Crippen LogP) is 3.22. The summed E-state index contributed by atoms with van der Waals surface area (Å²) in [4.78, 5) is 31.4. The Balaban J connectivity index is 1.68. The van der Waals surface area contributed by atoms with E-state index in [0.29, 0.717) is 26.1 Å². The van der Waals surface area contributed by atoms with Gasteiger partial charge in [-0.3, -0.25) is 4.98 Å². The van der Waals surface area contributed by atoms with Gasteiger partial charge in [0.25, 0.3) is 0 Å². The number of piperazine rings is 1. The molecule has 3 amide bonds. The summed E-state index contributed by atoms with van der Waals surface area (Å²) in [7, 11) is 0. The molecule has 1 atom stereocenters. The van der Waals surface area contributed by atoms with Crippen LogP contribution in [0.2, 0.25) is 0 Å². The highest BCUT2D eigenvalue weighted by molar-refractivity contribution is 5.89. The van der Waals surface area contributed by atoms with Crippen molar-refractivity contribution in [3.8, 4) is 0 Å². The van der Waals surface area contributed by atoms with E-state index in [1.807, 2.05) is 43.3 Å². The number of rotatable bonds is 4. The highest BCUT2D eigenvalue weighted by Crippen LogP contribution is 2.18. The van der Waals surface area contributed by atoms with Gasteiger partial charge in [-0.1, -0.05) is 23.8 Å². The number of nitrogens with zero attached hydrogens (tertiary/aromatic N) is 3. The molecular formula is C20H24N4O3. The fourth-order valence-corrected chi connectivity index (χ4v) is 3.25. The van der Waals surface area contributed by atoms with Gasteiger partial charge < -0.3 is 20.2 Å². The van der Waals surface area contributed by atoms with E-state index < -0.39 is 6.09 Å². The summed E-state index contributed by atoms with van der Waals surface area (Å²) in [6.45, 7) is 3.00. The number of pyridine rings is 1. The van der Waals surface area contributed by atoms with Gasteiger partial charge in [-0.05, 0) is 43.5 Å². The molecule has 1 fully saturated rings. The van der Waals surface area contributed by atoms with Gasteiger partial charge in [0, 0.05) is 37.7 Å². The van der Waals surface area contributed by atoms with E-state index in [9.17, 15) is 14.7 Å². The first-order valence-electron chi connectivity index (χ1n) is 9.04. The van der Waals surface area contributed by atoms with E-state index in [2.05, 4.69) is 10.3 Å². The normalized spacial score (nSPS) is 16.9. The van der Waals surface area contributed by atoms with Crippen LogP contribution in [0.5, 0.6) is 0 Å². The Morgan fingerprint density at radius 3 is 2.67 bits per heavy atom. The molecule has 7 heteroatoms. The van der Waals surface area contributed by atoms with E-state index in [4.69, 9.17) is 0 Å². The molecule has 2 N–H and O–H groups in total. The van der Waals surface area contributed by atoms with Crippen molar-refractivity contribution in [3.63, 3.8) is 0 Å². The lowest BCUT2D eigenvalue weighted by Crippen LogP contribution is -2.57. The fourth-order valence-electron chi connectivity index (χ4n) is 3.25. The Morgan fingerprint density at radius 2 is 2.00 bits per heavy atom. The molecule has 7 nitrogen and oxygen atoms in total. The third-order valence-corrected chi connectivity index (χ3v) is 4.81. The number of nitrogens with one attached hydrogen (secondary N) is 1. The number of benzene rings is 1. The maximum absolute atomic E-state index is 12.8. The van der Waals surface area contributed by atoms with Crippen molar-refractivity contribution in [2.24, 2.45) is 0 Å². The topological polar surface area (TPSA) is 85.8 Å². The summed E-state index contributed by atoms with van der Waals surface area (Å²) in [6.07, 6.45) is 3.99. The summed E-state index contributed by atoms with van der Waals surface area (Å²) in [6, 6.07) is 11.1. The minimum atomic E-state index is -0.944. The van der Waals surface area contributed by atoms with Crippen LogP contribution in [0, 0.1) is 6.92 Å². The second-order valence-corrected chi connectivity index (χ2v) is 6.77. The molecule has 1 aromatic heterocycles. The lowest BCUT2D eigenvalue weighted by atomic mass is 10.0. The number of aromatic nitrogens is 1. The molecule has 1 aliphatic rings. The Kier molecular flexibility index (Phi) is 5.90. The Labute approximate surface area is 158 Å². The number of amides is 3. The number of anilines is 1. The number of hydrogen-bond acceptors (Lipinski definition) is 3. The maximum Gasteiger partial charge on any atom is 0.407 e. The summed E-state index contributed by atoms with van der Waals surface area (Å²) in [5.74, 6) is 0. The lowest BCUT2D eigenvalue weighted by molar-refractivity contribution is 0.0843. The first-order chi connectivity index (χ1) is 13.0. The molecule has 1 aliphatic heterocycles.